The van der Waals surface area contributed by atoms with E-state index in [-0.39, 0.29) is 0 Å². The summed E-state index contributed by atoms with van der Waals surface area (Å²) in [4.78, 5) is 0. The molecule has 2 aliphatic rings. The van der Waals surface area contributed by atoms with E-state index in [2.05, 4.69) is 6.92 Å². The molecule has 1 heterocycles. The topological polar surface area (TPSA) is 35.2 Å². The van der Waals surface area contributed by atoms with Gasteiger partial charge in [0.05, 0.1) is 0 Å². The average Bonchev–Trinajstić information content (AvgIpc) is 2.29. The van der Waals surface area contributed by atoms with Gasteiger partial charge in [-0.1, -0.05) is 19.8 Å². The number of hydrogen-bond donors (Lipinski definition) is 1. The van der Waals surface area contributed by atoms with Gasteiger partial charge in [-0.3, -0.25) is 0 Å². The molecule has 1 saturated carbocycles. The second-order valence-corrected chi connectivity index (χ2v) is 5.56. The largest absolute Gasteiger partial charge is 0.381 e. The van der Waals surface area contributed by atoms with Crippen LogP contribution < -0.4 is 5.73 Å². The maximum Gasteiger partial charge on any atom is 0.0469 e. The molecule has 3 unspecified atom stereocenters. The number of hydrogen-bond acceptors (Lipinski definition) is 2. The Kier molecular flexibility index (Phi) is 4.04. The predicted molar refractivity (Wildman–Crippen MR) is 62.6 cm³/mol. The fourth-order valence-corrected chi connectivity index (χ4v) is 3.32. The van der Waals surface area contributed by atoms with Crippen LogP contribution in [0.3, 0.4) is 0 Å². The highest BCUT2D eigenvalue weighted by Gasteiger charge is 2.30. The zero-order chi connectivity index (χ0) is 10.7. The summed E-state index contributed by atoms with van der Waals surface area (Å²) in [7, 11) is 0. The monoisotopic (exact) mass is 211 g/mol. The summed E-state index contributed by atoms with van der Waals surface area (Å²) >= 11 is 0. The maximum absolute atomic E-state index is 6.43. The van der Waals surface area contributed by atoms with Crippen molar-refractivity contribution in [3.8, 4) is 0 Å². The molecular weight excluding hydrogens is 186 g/mol. The van der Waals surface area contributed by atoms with E-state index in [0.29, 0.717) is 6.04 Å². The lowest BCUT2D eigenvalue weighted by Crippen LogP contribution is -2.42. The quantitative estimate of drug-likeness (QED) is 0.762. The van der Waals surface area contributed by atoms with Gasteiger partial charge in [-0.2, -0.15) is 0 Å². The molecule has 15 heavy (non-hydrogen) atoms. The molecule has 3 atom stereocenters. The fourth-order valence-electron chi connectivity index (χ4n) is 3.32. The van der Waals surface area contributed by atoms with Gasteiger partial charge < -0.3 is 10.5 Å². The van der Waals surface area contributed by atoms with Gasteiger partial charge in [0.2, 0.25) is 0 Å². The van der Waals surface area contributed by atoms with E-state index in [4.69, 9.17) is 10.5 Å². The molecule has 0 amide bonds. The van der Waals surface area contributed by atoms with Crippen LogP contribution in [0, 0.1) is 17.8 Å². The summed E-state index contributed by atoms with van der Waals surface area (Å²) in [5.74, 6) is 2.42. The van der Waals surface area contributed by atoms with Gasteiger partial charge in [0.1, 0.15) is 0 Å². The molecule has 2 heteroatoms. The second kappa shape index (κ2) is 5.31. The molecule has 0 bridgehead atoms. The van der Waals surface area contributed by atoms with Crippen molar-refractivity contribution < 1.29 is 4.74 Å². The lowest BCUT2D eigenvalue weighted by atomic mass is 9.74. The molecule has 1 saturated heterocycles. The maximum atomic E-state index is 6.43. The number of ether oxygens (including phenoxy) is 1. The lowest BCUT2D eigenvalue weighted by molar-refractivity contribution is 0.0456. The SMILES string of the molecule is CC1CCCC(C(N)C2CCOCC2)C1. The van der Waals surface area contributed by atoms with Crippen molar-refractivity contribution in [1.82, 2.24) is 0 Å². The average molecular weight is 211 g/mol. The highest BCUT2D eigenvalue weighted by molar-refractivity contribution is 4.85. The summed E-state index contributed by atoms with van der Waals surface area (Å²) in [6, 6.07) is 0.441. The summed E-state index contributed by atoms with van der Waals surface area (Å²) in [6.45, 7) is 4.24. The summed E-state index contributed by atoms with van der Waals surface area (Å²) in [5.41, 5.74) is 6.43. The van der Waals surface area contributed by atoms with E-state index in [9.17, 15) is 0 Å². The zero-order valence-corrected chi connectivity index (χ0v) is 9.95. The first-order valence-corrected chi connectivity index (χ1v) is 6.60. The highest BCUT2D eigenvalue weighted by atomic mass is 16.5. The molecule has 0 radical (unpaired) electrons. The molecule has 0 aromatic rings. The van der Waals surface area contributed by atoms with Gasteiger partial charge in [0.15, 0.2) is 0 Å². The Bertz CT molecular complexity index is 189. The predicted octanol–water partition coefficient (Wildman–Crippen LogP) is 2.57. The van der Waals surface area contributed by atoms with E-state index in [1.165, 1.54) is 38.5 Å². The van der Waals surface area contributed by atoms with E-state index >= 15 is 0 Å². The normalized spacial score (nSPS) is 36.4. The van der Waals surface area contributed by atoms with Crippen molar-refractivity contribution in [2.45, 2.75) is 51.5 Å². The molecule has 88 valence electrons. The Morgan fingerprint density at radius 3 is 2.47 bits per heavy atom. The Labute approximate surface area is 93.6 Å². The van der Waals surface area contributed by atoms with Crippen LogP contribution in [0.4, 0.5) is 0 Å². The van der Waals surface area contributed by atoms with E-state index < -0.39 is 0 Å². The van der Waals surface area contributed by atoms with Crippen molar-refractivity contribution in [2.24, 2.45) is 23.5 Å². The van der Waals surface area contributed by atoms with Crippen LogP contribution in [0.5, 0.6) is 0 Å². The first kappa shape index (κ1) is 11.4. The van der Waals surface area contributed by atoms with E-state index in [1.807, 2.05) is 0 Å². The molecule has 1 aliphatic carbocycles. The molecule has 2 N–H and O–H groups in total. The van der Waals surface area contributed by atoms with Crippen LogP contribution in [0.2, 0.25) is 0 Å². The van der Waals surface area contributed by atoms with Gasteiger partial charge in [-0.05, 0) is 43.4 Å². The van der Waals surface area contributed by atoms with Gasteiger partial charge in [-0.25, -0.2) is 0 Å². The first-order valence-electron chi connectivity index (χ1n) is 6.60. The fraction of sp³-hybridized carbons (Fsp3) is 1.00. The second-order valence-electron chi connectivity index (χ2n) is 5.56. The minimum Gasteiger partial charge on any atom is -0.381 e. The van der Waals surface area contributed by atoms with E-state index in [1.54, 1.807) is 0 Å². The third-order valence-electron chi connectivity index (χ3n) is 4.33. The molecule has 2 fully saturated rings. The minimum atomic E-state index is 0.441. The van der Waals surface area contributed by atoms with Gasteiger partial charge in [0, 0.05) is 19.3 Å². The summed E-state index contributed by atoms with van der Waals surface area (Å²) < 4.78 is 5.40. The van der Waals surface area contributed by atoms with Crippen LogP contribution in [0.15, 0.2) is 0 Å². The minimum absolute atomic E-state index is 0.441. The lowest BCUT2D eigenvalue weighted by Gasteiger charge is -2.37. The van der Waals surface area contributed by atoms with Crippen LogP contribution >= 0.6 is 0 Å². The third kappa shape index (κ3) is 2.94. The zero-order valence-electron chi connectivity index (χ0n) is 9.95. The van der Waals surface area contributed by atoms with Crippen LogP contribution in [-0.4, -0.2) is 19.3 Å². The van der Waals surface area contributed by atoms with Crippen molar-refractivity contribution >= 4 is 0 Å². The van der Waals surface area contributed by atoms with Gasteiger partial charge in [0.25, 0.3) is 0 Å². The molecule has 2 rings (SSSR count). The van der Waals surface area contributed by atoms with E-state index in [0.717, 1.165) is 31.0 Å². The van der Waals surface area contributed by atoms with Crippen LogP contribution in [0.1, 0.15) is 45.4 Å². The molecule has 1 aliphatic heterocycles. The van der Waals surface area contributed by atoms with Crippen LogP contribution in [0.25, 0.3) is 0 Å². The van der Waals surface area contributed by atoms with Crippen molar-refractivity contribution in [3.05, 3.63) is 0 Å². The number of nitrogens with two attached hydrogens (primary N) is 1. The molecule has 2 nitrogen and oxygen atoms in total. The molecule has 0 spiro atoms. The number of rotatable bonds is 2. The Balaban J connectivity index is 1.85. The highest BCUT2D eigenvalue weighted by Crippen LogP contribution is 2.34. The Morgan fingerprint density at radius 1 is 1.07 bits per heavy atom. The first-order chi connectivity index (χ1) is 7.27. The Hall–Kier alpha value is -0.0800. The van der Waals surface area contributed by atoms with Gasteiger partial charge >= 0.3 is 0 Å². The smallest absolute Gasteiger partial charge is 0.0469 e. The molecular formula is C13H25NO. The van der Waals surface area contributed by atoms with Gasteiger partial charge in [-0.15, -0.1) is 0 Å². The molecule has 0 aromatic heterocycles. The van der Waals surface area contributed by atoms with Crippen molar-refractivity contribution in [3.63, 3.8) is 0 Å². The van der Waals surface area contributed by atoms with Crippen molar-refractivity contribution in [2.75, 3.05) is 13.2 Å². The van der Waals surface area contributed by atoms with Crippen LogP contribution in [-0.2, 0) is 4.74 Å². The summed E-state index contributed by atoms with van der Waals surface area (Å²) in [6.07, 6.45) is 7.90. The Morgan fingerprint density at radius 2 is 1.80 bits per heavy atom. The van der Waals surface area contributed by atoms with Crippen molar-refractivity contribution in [1.29, 1.82) is 0 Å². The summed E-state index contributed by atoms with van der Waals surface area (Å²) in [5, 5.41) is 0. The molecule has 0 aromatic carbocycles. The standard InChI is InChI=1S/C13H25NO/c1-10-3-2-4-12(9-10)13(14)11-5-7-15-8-6-11/h10-13H,2-9,14H2,1H3. The third-order valence-corrected chi connectivity index (χ3v) is 4.33.